The van der Waals surface area contributed by atoms with Gasteiger partial charge < -0.3 is 15.0 Å². The van der Waals surface area contributed by atoms with Crippen LogP contribution in [0.1, 0.15) is 30.3 Å². The number of anilines is 1. The highest BCUT2D eigenvalue weighted by molar-refractivity contribution is 7.09. The van der Waals surface area contributed by atoms with E-state index in [2.05, 4.69) is 37.6 Å². The molecule has 156 valence electrons. The molecule has 2 aromatic heterocycles. The van der Waals surface area contributed by atoms with Gasteiger partial charge in [-0.2, -0.15) is 0 Å². The lowest BCUT2D eigenvalue weighted by molar-refractivity contribution is -0.125. The van der Waals surface area contributed by atoms with E-state index in [1.807, 2.05) is 26.1 Å². The van der Waals surface area contributed by atoms with Crippen molar-refractivity contribution < 1.29 is 9.53 Å². The molecule has 1 N–H and O–H groups in total. The van der Waals surface area contributed by atoms with Crippen LogP contribution in [0, 0.1) is 5.92 Å². The number of hydrogen-bond acceptors (Lipinski definition) is 7. The maximum atomic E-state index is 13.0. The van der Waals surface area contributed by atoms with Gasteiger partial charge in [-0.05, 0) is 31.4 Å². The molecule has 1 amide bonds. The summed E-state index contributed by atoms with van der Waals surface area (Å²) in [7, 11) is 0. The summed E-state index contributed by atoms with van der Waals surface area (Å²) in [6.07, 6.45) is 1.83. The van der Waals surface area contributed by atoms with Crippen LogP contribution in [0.4, 0.5) is 5.95 Å². The van der Waals surface area contributed by atoms with Crippen LogP contribution in [0.2, 0.25) is 0 Å². The molecule has 0 spiro atoms. The van der Waals surface area contributed by atoms with Crippen LogP contribution >= 0.6 is 11.3 Å². The van der Waals surface area contributed by atoms with Crippen LogP contribution in [-0.4, -0.2) is 66.2 Å². The van der Waals surface area contributed by atoms with Crippen molar-refractivity contribution in [2.24, 2.45) is 5.92 Å². The van der Waals surface area contributed by atoms with Crippen LogP contribution in [0.15, 0.2) is 29.8 Å². The van der Waals surface area contributed by atoms with E-state index in [0.717, 1.165) is 44.4 Å². The smallest absolute Gasteiger partial charge is 0.225 e. The predicted molar refractivity (Wildman–Crippen MR) is 114 cm³/mol. The number of amides is 1. The lowest BCUT2D eigenvalue weighted by atomic mass is 9.91. The van der Waals surface area contributed by atoms with Gasteiger partial charge in [0.25, 0.3) is 0 Å². The number of rotatable bonds is 6. The third-order valence-corrected chi connectivity index (χ3v) is 6.32. The van der Waals surface area contributed by atoms with Gasteiger partial charge in [-0.15, -0.1) is 11.3 Å². The van der Waals surface area contributed by atoms with E-state index >= 15 is 0 Å². The van der Waals surface area contributed by atoms with Gasteiger partial charge in [0.05, 0.1) is 24.8 Å². The van der Waals surface area contributed by atoms with Gasteiger partial charge in [0, 0.05) is 55.8 Å². The molecule has 2 fully saturated rings. The molecule has 2 aliphatic rings. The van der Waals surface area contributed by atoms with Crippen LogP contribution in [0.3, 0.4) is 0 Å². The Morgan fingerprint density at radius 3 is 2.86 bits per heavy atom. The molecule has 0 aromatic carbocycles. The number of nitrogens with zero attached hydrogens (tertiary/aromatic N) is 4. The van der Waals surface area contributed by atoms with Gasteiger partial charge in [0.2, 0.25) is 11.9 Å². The normalized spacial score (nSPS) is 22.9. The summed E-state index contributed by atoms with van der Waals surface area (Å²) < 4.78 is 5.44. The Balaban J connectivity index is 1.55. The summed E-state index contributed by atoms with van der Waals surface area (Å²) in [4.78, 5) is 28.2. The molecule has 2 aromatic rings. The third kappa shape index (κ3) is 4.94. The van der Waals surface area contributed by atoms with E-state index in [4.69, 9.17) is 9.72 Å². The molecular weight excluding hydrogens is 386 g/mol. The molecule has 29 heavy (non-hydrogen) atoms. The van der Waals surface area contributed by atoms with E-state index in [9.17, 15) is 4.79 Å². The molecule has 2 aliphatic heterocycles. The van der Waals surface area contributed by atoms with Crippen molar-refractivity contribution in [1.29, 1.82) is 0 Å². The highest BCUT2D eigenvalue weighted by Crippen LogP contribution is 2.34. The van der Waals surface area contributed by atoms with Gasteiger partial charge in [0.15, 0.2) is 0 Å². The van der Waals surface area contributed by atoms with Crippen LogP contribution in [0.25, 0.3) is 0 Å². The lowest BCUT2D eigenvalue weighted by Crippen LogP contribution is -2.39. The van der Waals surface area contributed by atoms with E-state index in [1.165, 1.54) is 4.88 Å². The molecule has 2 saturated heterocycles. The Labute approximate surface area is 176 Å². The average molecular weight is 416 g/mol. The third-order valence-electron chi connectivity index (χ3n) is 5.46. The fourth-order valence-corrected chi connectivity index (χ4v) is 4.82. The van der Waals surface area contributed by atoms with Crippen LogP contribution in [-0.2, 0) is 16.1 Å². The van der Waals surface area contributed by atoms with Crippen molar-refractivity contribution >= 4 is 23.2 Å². The molecule has 0 aliphatic carbocycles. The molecule has 0 bridgehead atoms. The van der Waals surface area contributed by atoms with E-state index in [-0.39, 0.29) is 23.8 Å². The topological polar surface area (TPSA) is 70.6 Å². The number of ether oxygens (including phenoxy) is 1. The van der Waals surface area contributed by atoms with Crippen molar-refractivity contribution in [3.63, 3.8) is 0 Å². The highest BCUT2D eigenvalue weighted by Gasteiger charge is 2.39. The van der Waals surface area contributed by atoms with Crippen LogP contribution in [0.5, 0.6) is 0 Å². The minimum absolute atomic E-state index is 0.0662. The zero-order chi connectivity index (χ0) is 20.2. The standard InChI is InChI=1S/C21H29N5O2S/c1-15(2)23-20(27)18-14-25(12-16-4-3-11-29-16)13-17(18)19-5-6-22-21(24-19)26-7-9-28-10-8-26/h3-6,11,15,17-18H,7-10,12-14H2,1-2H3,(H,23,27)/t17-,18-/m0/s1. The van der Waals surface area contributed by atoms with Gasteiger partial charge in [-0.1, -0.05) is 6.07 Å². The Kier molecular flexibility index (Phi) is 6.42. The van der Waals surface area contributed by atoms with Gasteiger partial charge in [-0.25, -0.2) is 9.97 Å². The maximum Gasteiger partial charge on any atom is 0.225 e. The summed E-state index contributed by atoms with van der Waals surface area (Å²) in [5.41, 5.74) is 0.957. The van der Waals surface area contributed by atoms with E-state index < -0.39 is 0 Å². The monoisotopic (exact) mass is 415 g/mol. The van der Waals surface area contributed by atoms with Gasteiger partial charge in [-0.3, -0.25) is 9.69 Å². The van der Waals surface area contributed by atoms with Gasteiger partial charge in [0.1, 0.15) is 0 Å². The Morgan fingerprint density at radius 2 is 2.14 bits per heavy atom. The summed E-state index contributed by atoms with van der Waals surface area (Å²) >= 11 is 1.76. The maximum absolute atomic E-state index is 13.0. The second kappa shape index (κ2) is 9.19. The number of carbonyl (C=O) groups is 1. The minimum Gasteiger partial charge on any atom is -0.378 e. The zero-order valence-electron chi connectivity index (χ0n) is 17.1. The first-order valence-corrected chi connectivity index (χ1v) is 11.2. The number of morpholine rings is 1. The minimum atomic E-state index is -0.107. The number of hydrogen-bond donors (Lipinski definition) is 1. The first-order valence-electron chi connectivity index (χ1n) is 10.3. The quantitative estimate of drug-likeness (QED) is 0.779. The SMILES string of the molecule is CC(C)NC(=O)[C@H]1CN(Cc2cccs2)C[C@@H]1c1ccnc(N2CCOCC2)n1. The molecule has 0 saturated carbocycles. The molecular formula is C21H29N5O2S. The second-order valence-electron chi connectivity index (χ2n) is 8.03. The number of likely N-dealkylation sites (tertiary alicyclic amines) is 1. The van der Waals surface area contributed by atoms with Crippen molar-refractivity contribution in [3.05, 3.63) is 40.3 Å². The number of aromatic nitrogens is 2. The number of nitrogens with one attached hydrogen (secondary N) is 1. The fourth-order valence-electron chi connectivity index (χ4n) is 4.08. The fraction of sp³-hybridized carbons (Fsp3) is 0.571. The highest BCUT2D eigenvalue weighted by atomic mass is 32.1. The van der Waals surface area contributed by atoms with Crippen molar-refractivity contribution in [3.8, 4) is 0 Å². The Morgan fingerprint density at radius 1 is 1.31 bits per heavy atom. The number of thiophene rings is 1. The first kappa shape index (κ1) is 20.3. The Hall–Kier alpha value is -2.03. The van der Waals surface area contributed by atoms with E-state index in [1.54, 1.807) is 11.3 Å². The average Bonchev–Trinajstić information content (AvgIpc) is 3.39. The summed E-state index contributed by atoms with van der Waals surface area (Å²) in [6.45, 7) is 9.47. The molecule has 4 rings (SSSR count). The summed E-state index contributed by atoms with van der Waals surface area (Å²) in [6, 6.07) is 6.33. The molecule has 4 heterocycles. The Bertz CT molecular complexity index is 807. The summed E-state index contributed by atoms with van der Waals surface area (Å²) in [5, 5.41) is 5.21. The molecule has 2 atom stereocenters. The largest absolute Gasteiger partial charge is 0.378 e. The summed E-state index contributed by atoms with van der Waals surface area (Å²) in [5.74, 6) is 0.817. The lowest BCUT2D eigenvalue weighted by Gasteiger charge is -2.27. The van der Waals surface area contributed by atoms with Crippen molar-refractivity contribution in [1.82, 2.24) is 20.2 Å². The predicted octanol–water partition coefficient (Wildman–Crippen LogP) is 2.11. The number of carbonyl (C=O) groups excluding carboxylic acids is 1. The van der Waals surface area contributed by atoms with Crippen LogP contribution < -0.4 is 10.2 Å². The zero-order valence-corrected chi connectivity index (χ0v) is 17.9. The van der Waals surface area contributed by atoms with Gasteiger partial charge >= 0.3 is 0 Å². The molecule has 0 unspecified atom stereocenters. The van der Waals surface area contributed by atoms with Crippen molar-refractivity contribution in [2.75, 3.05) is 44.3 Å². The molecule has 8 heteroatoms. The second-order valence-corrected chi connectivity index (χ2v) is 9.06. The molecule has 7 nitrogen and oxygen atoms in total. The molecule has 0 radical (unpaired) electrons. The van der Waals surface area contributed by atoms with Crippen molar-refractivity contribution in [2.45, 2.75) is 32.4 Å². The first-order chi connectivity index (χ1) is 14.1. The van der Waals surface area contributed by atoms with E-state index in [0.29, 0.717) is 13.2 Å².